The smallest absolute Gasteiger partial charge is 0.335 e. The molecule has 1 atom stereocenters. The minimum absolute atomic E-state index is 0.0237. The number of benzene rings is 4. The van der Waals surface area contributed by atoms with Crippen LogP contribution in [0.1, 0.15) is 38.7 Å². The topological polar surface area (TPSA) is 146 Å². The number of carboxylic acid groups (broad SMARTS) is 1. The minimum Gasteiger partial charge on any atom is -0.489 e. The third-order valence-corrected chi connectivity index (χ3v) is 5.97. The molecule has 0 aliphatic heterocycles. The molecule has 9 heteroatoms. The first kappa shape index (κ1) is 26.7. The fourth-order valence-corrected chi connectivity index (χ4v) is 3.94. The first-order chi connectivity index (χ1) is 18.9. The molecule has 0 fully saturated rings. The van der Waals surface area contributed by atoms with Gasteiger partial charge in [-0.1, -0.05) is 65.8 Å². The standard InChI is InChI=1S/C30H28N4O5/c31-28(34-38)22-13-15-24(16-14-22)33-27(29(35)32-18-20-7-2-1-3-8-20)25-11-4-5-12-26(25)39-19-21-9-6-10-23(17-21)30(36)37/h1-17,27,33,38H,18-19H2,(H2,31,34)(H,32,35)(H,36,37). The van der Waals surface area contributed by atoms with Gasteiger partial charge in [0.05, 0.1) is 5.56 Å². The molecule has 0 aromatic heterocycles. The van der Waals surface area contributed by atoms with Crippen molar-refractivity contribution in [2.24, 2.45) is 10.9 Å². The van der Waals surface area contributed by atoms with Crippen LogP contribution in [0, 0.1) is 0 Å². The summed E-state index contributed by atoms with van der Waals surface area (Å²) in [7, 11) is 0. The summed E-state index contributed by atoms with van der Waals surface area (Å²) in [5, 5.41) is 27.5. The van der Waals surface area contributed by atoms with E-state index in [1.54, 1.807) is 60.7 Å². The van der Waals surface area contributed by atoms with Crippen LogP contribution in [-0.2, 0) is 17.9 Å². The molecule has 0 radical (unpaired) electrons. The molecule has 0 bridgehead atoms. The first-order valence-corrected chi connectivity index (χ1v) is 12.1. The van der Waals surface area contributed by atoms with Crippen molar-refractivity contribution in [3.63, 3.8) is 0 Å². The minimum atomic E-state index is -1.02. The van der Waals surface area contributed by atoms with Crippen LogP contribution in [0.5, 0.6) is 5.75 Å². The highest BCUT2D eigenvalue weighted by Gasteiger charge is 2.24. The number of amides is 1. The molecule has 39 heavy (non-hydrogen) atoms. The van der Waals surface area contributed by atoms with Gasteiger partial charge in [-0.25, -0.2) is 4.79 Å². The Morgan fingerprint density at radius 3 is 2.26 bits per heavy atom. The number of hydrogen-bond acceptors (Lipinski definition) is 6. The van der Waals surface area contributed by atoms with Gasteiger partial charge in [0.25, 0.3) is 0 Å². The molecule has 0 aliphatic carbocycles. The molecule has 9 nitrogen and oxygen atoms in total. The molecule has 1 unspecified atom stereocenters. The van der Waals surface area contributed by atoms with Crippen LogP contribution in [0.4, 0.5) is 5.69 Å². The summed E-state index contributed by atoms with van der Waals surface area (Å²) >= 11 is 0. The van der Waals surface area contributed by atoms with Gasteiger partial charge in [0, 0.05) is 23.4 Å². The SMILES string of the molecule is NC(=NO)c1ccc(NC(C(=O)NCc2ccccc2)c2ccccc2OCc2cccc(C(=O)O)c2)cc1. The van der Waals surface area contributed by atoms with Crippen LogP contribution in [0.25, 0.3) is 0 Å². The van der Waals surface area contributed by atoms with Crippen LogP contribution in [0.3, 0.4) is 0 Å². The molecular weight excluding hydrogens is 496 g/mol. The predicted octanol–water partition coefficient (Wildman–Crippen LogP) is 4.53. The van der Waals surface area contributed by atoms with Crippen LogP contribution < -0.4 is 21.1 Å². The number of carboxylic acids is 1. The lowest BCUT2D eigenvalue weighted by atomic mass is 10.0. The van der Waals surface area contributed by atoms with Crippen LogP contribution in [0.15, 0.2) is 108 Å². The number of nitrogens with two attached hydrogens (primary N) is 1. The zero-order valence-electron chi connectivity index (χ0n) is 21.0. The Kier molecular flexibility index (Phi) is 8.76. The van der Waals surface area contributed by atoms with Crippen LogP contribution in [-0.4, -0.2) is 28.0 Å². The molecular formula is C30H28N4O5. The van der Waals surface area contributed by atoms with Crippen molar-refractivity contribution in [1.82, 2.24) is 5.32 Å². The molecule has 0 heterocycles. The van der Waals surface area contributed by atoms with Gasteiger partial charge in [-0.15, -0.1) is 0 Å². The third-order valence-electron chi connectivity index (χ3n) is 5.97. The summed E-state index contributed by atoms with van der Waals surface area (Å²) in [6, 6.07) is 29.2. The fraction of sp³-hybridized carbons (Fsp3) is 0.100. The Labute approximate surface area is 225 Å². The second kappa shape index (κ2) is 12.8. The van der Waals surface area contributed by atoms with Gasteiger partial charge >= 0.3 is 5.97 Å². The highest BCUT2D eigenvalue weighted by atomic mass is 16.5. The molecule has 4 aromatic rings. The summed E-state index contributed by atoms with van der Waals surface area (Å²) < 4.78 is 6.08. The van der Waals surface area contributed by atoms with Crippen molar-refractivity contribution >= 4 is 23.4 Å². The van der Waals surface area contributed by atoms with E-state index < -0.39 is 12.0 Å². The third kappa shape index (κ3) is 7.14. The molecule has 0 spiro atoms. The second-order valence-corrected chi connectivity index (χ2v) is 8.68. The van der Waals surface area contributed by atoms with Crippen molar-refractivity contribution in [3.8, 4) is 5.75 Å². The summed E-state index contributed by atoms with van der Waals surface area (Å²) in [6.45, 7) is 0.455. The van der Waals surface area contributed by atoms with Gasteiger partial charge in [-0.2, -0.15) is 0 Å². The number of nitrogens with zero attached hydrogens (tertiary/aromatic N) is 1. The van der Waals surface area contributed by atoms with E-state index in [9.17, 15) is 14.7 Å². The average Bonchev–Trinajstić information content (AvgIpc) is 2.98. The molecule has 1 amide bonds. The van der Waals surface area contributed by atoms with Crippen molar-refractivity contribution in [1.29, 1.82) is 0 Å². The largest absolute Gasteiger partial charge is 0.489 e. The molecule has 4 rings (SSSR count). The Morgan fingerprint density at radius 1 is 0.846 bits per heavy atom. The molecule has 0 aliphatic rings. The van der Waals surface area contributed by atoms with Crippen LogP contribution in [0.2, 0.25) is 0 Å². The van der Waals surface area contributed by atoms with E-state index in [1.807, 2.05) is 36.4 Å². The van der Waals surface area contributed by atoms with E-state index in [-0.39, 0.29) is 23.9 Å². The summed E-state index contributed by atoms with van der Waals surface area (Å²) in [5.41, 5.74) is 9.23. The maximum Gasteiger partial charge on any atom is 0.335 e. The Morgan fingerprint density at radius 2 is 1.54 bits per heavy atom. The number of amidine groups is 1. The first-order valence-electron chi connectivity index (χ1n) is 12.1. The summed E-state index contributed by atoms with van der Waals surface area (Å²) in [6.07, 6.45) is 0. The van der Waals surface area contributed by atoms with Crippen molar-refractivity contribution in [2.75, 3.05) is 5.32 Å². The summed E-state index contributed by atoms with van der Waals surface area (Å²) in [5.74, 6) is -0.846. The zero-order chi connectivity index (χ0) is 27.6. The highest BCUT2D eigenvalue weighted by Crippen LogP contribution is 2.29. The van der Waals surface area contributed by atoms with Gasteiger partial charge in [-0.05, 0) is 53.6 Å². The van der Waals surface area contributed by atoms with Crippen LogP contribution >= 0.6 is 0 Å². The van der Waals surface area contributed by atoms with Gasteiger partial charge in [0.2, 0.25) is 5.91 Å². The van der Waals surface area contributed by atoms with Crippen molar-refractivity contribution < 1.29 is 24.6 Å². The molecule has 0 saturated heterocycles. The number of para-hydroxylation sites is 1. The van der Waals surface area contributed by atoms with Crippen molar-refractivity contribution in [3.05, 3.63) is 131 Å². The number of nitrogens with one attached hydrogen (secondary N) is 2. The Hall–Kier alpha value is -5.31. The Balaban J connectivity index is 1.60. The number of aromatic carboxylic acids is 1. The zero-order valence-corrected chi connectivity index (χ0v) is 21.0. The molecule has 6 N–H and O–H groups in total. The second-order valence-electron chi connectivity index (χ2n) is 8.68. The quantitative estimate of drug-likeness (QED) is 0.0838. The van der Waals surface area contributed by atoms with E-state index in [0.29, 0.717) is 34.7 Å². The normalized spacial score (nSPS) is 11.8. The van der Waals surface area contributed by atoms with Crippen molar-refractivity contribution in [2.45, 2.75) is 19.2 Å². The van der Waals surface area contributed by atoms with E-state index in [4.69, 9.17) is 15.7 Å². The van der Waals surface area contributed by atoms with E-state index in [1.165, 1.54) is 6.07 Å². The average molecular weight is 525 g/mol. The maximum atomic E-state index is 13.5. The molecule has 198 valence electrons. The highest BCUT2D eigenvalue weighted by molar-refractivity contribution is 5.97. The predicted molar refractivity (Wildman–Crippen MR) is 148 cm³/mol. The van der Waals surface area contributed by atoms with E-state index in [2.05, 4.69) is 15.8 Å². The van der Waals surface area contributed by atoms with Gasteiger partial charge in [-0.3, -0.25) is 4.79 Å². The number of oxime groups is 1. The van der Waals surface area contributed by atoms with E-state index in [0.717, 1.165) is 5.56 Å². The summed E-state index contributed by atoms with van der Waals surface area (Å²) in [4.78, 5) is 24.9. The lowest BCUT2D eigenvalue weighted by molar-refractivity contribution is -0.122. The molecule has 0 saturated carbocycles. The fourth-order valence-electron chi connectivity index (χ4n) is 3.94. The van der Waals surface area contributed by atoms with Gasteiger partial charge in [0.1, 0.15) is 18.4 Å². The van der Waals surface area contributed by atoms with Gasteiger partial charge in [0.15, 0.2) is 5.84 Å². The van der Waals surface area contributed by atoms with E-state index >= 15 is 0 Å². The Bertz CT molecular complexity index is 1460. The van der Waals surface area contributed by atoms with Gasteiger partial charge < -0.3 is 31.4 Å². The molecule has 4 aromatic carbocycles. The lowest BCUT2D eigenvalue weighted by Gasteiger charge is -2.23. The monoisotopic (exact) mass is 524 g/mol. The maximum absolute atomic E-state index is 13.5. The number of carbonyl (C=O) groups excluding carboxylic acids is 1. The lowest BCUT2D eigenvalue weighted by Crippen LogP contribution is -2.33. The number of hydrogen-bond donors (Lipinski definition) is 5. The number of carbonyl (C=O) groups is 2. The number of anilines is 1. The number of ether oxygens (including phenoxy) is 1. The number of rotatable bonds is 11.